The second-order valence-electron chi connectivity index (χ2n) is 4.76. The average molecular weight is 324 g/mol. The fourth-order valence-electron chi connectivity index (χ4n) is 2.10. The number of nitrogen functional groups attached to an aromatic ring is 1. The Morgan fingerprint density at radius 3 is 2.87 bits per heavy atom. The zero-order valence-corrected chi connectivity index (χ0v) is 12.7. The van der Waals surface area contributed by atoms with Crippen molar-refractivity contribution in [3.63, 3.8) is 0 Å². The minimum atomic E-state index is 0.340. The molecule has 0 aromatic carbocycles. The number of nitrogens with two attached hydrogens (primary N) is 1. The van der Waals surface area contributed by atoms with E-state index in [9.17, 15) is 0 Å². The third-order valence-electron chi connectivity index (χ3n) is 3.17. The molecule has 23 heavy (non-hydrogen) atoms. The molecule has 0 atom stereocenters. The van der Waals surface area contributed by atoms with Crippen molar-refractivity contribution >= 4 is 33.5 Å². The summed E-state index contributed by atoms with van der Waals surface area (Å²) in [6.07, 6.45) is 3.35. The Balaban J connectivity index is 1.64. The minimum absolute atomic E-state index is 0.340. The molecule has 4 heterocycles. The third kappa shape index (κ3) is 2.71. The Labute approximate surface area is 135 Å². The summed E-state index contributed by atoms with van der Waals surface area (Å²) in [7, 11) is 0. The first-order valence-corrected chi connectivity index (χ1v) is 7.73. The first kappa shape index (κ1) is 13.6. The van der Waals surface area contributed by atoms with Gasteiger partial charge in [0.05, 0.1) is 18.5 Å². The number of fused-ring (bicyclic) bond motifs is 1. The number of nitrogens with one attached hydrogen (secondary N) is 1. The van der Waals surface area contributed by atoms with E-state index in [1.165, 1.54) is 11.3 Å². The molecule has 3 N–H and O–H groups in total. The Bertz CT molecular complexity index is 935. The normalized spacial score (nSPS) is 11.0. The number of hydrogen-bond donors (Lipinski definition) is 2. The van der Waals surface area contributed by atoms with Gasteiger partial charge in [0.2, 0.25) is 5.95 Å². The molecule has 0 unspecified atom stereocenters. The van der Waals surface area contributed by atoms with Gasteiger partial charge in [0.1, 0.15) is 5.52 Å². The van der Waals surface area contributed by atoms with Crippen LogP contribution in [0, 0.1) is 0 Å². The molecule has 4 rings (SSSR count). The standard InChI is InChI=1S/C15H12N6OS/c16-12-11-14(23-13(19-11)10-5-3-7-22-10)21-15(20-12)18-8-9-4-1-2-6-17-9/h1-7H,8H2,(H3,16,18,20,21). The summed E-state index contributed by atoms with van der Waals surface area (Å²) in [5.74, 6) is 1.48. The first-order valence-electron chi connectivity index (χ1n) is 6.91. The lowest BCUT2D eigenvalue weighted by molar-refractivity contribution is 0.582. The van der Waals surface area contributed by atoms with Crippen LogP contribution >= 0.6 is 11.3 Å². The summed E-state index contributed by atoms with van der Waals surface area (Å²) in [5.41, 5.74) is 7.49. The number of pyridine rings is 1. The topological polar surface area (TPSA) is 103 Å². The zero-order chi connectivity index (χ0) is 15.6. The van der Waals surface area contributed by atoms with E-state index in [0.29, 0.717) is 34.4 Å². The second-order valence-corrected chi connectivity index (χ2v) is 5.73. The van der Waals surface area contributed by atoms with E-state index in [-0.39, 0.29) is 0 Å². The highest BCUT2D eigenvalue weighted by Gasteiger charge is 2.14. The van der Waals surface area contributed by atoms with E-state index in [1.54, 1.807) is 12.5 Å². The van der Waals surface area contributed by atoms with Crippen molar-refractivity contribution in [2.75, 3.05) is 11.1 Å². The Morgan fingerprint density at radius 1 is 1.13 bits per heavy atom. The molecule has 0 saturated heterocycles. The van der Waals surface area contributed by atoms with Gasteiger partial charge in [0.15, 0.2) is 21.4 Å². The van der Waals surface area contributed by atoms with Crippen LogP contribution in [0.4, 0.5) is 11.8 Å². The molecule has 7 nitrogen and oxygen atoms in total. The number of furan rings is 1. The van der Waals surface area contributed by atoms with E-state index in [4.69, 9.17) is 10.2 Å². The zero-order valence-electron chi connectivity index (χ0n) is 11.9. The van der Waals surface area contributed by atoms with Gasteiger partial charge in [-0.05, 0) is 24.3 Å². The first-order chi connectivity index (χ1) is 11.3. The number of aromatic nitrogens is 4. The molecule has 0 aliphatic heterocycles. The van der Waals surface area contributed by atoms with Crippen LogP contribution in [0.3, 0.4) is 0 Å². The van der Waals surface area contributed by atoms with Crippen LogP contribution in [0.25, 0.3) is 21.1 Å². The van der Waals surface area contributed by atoms with E-state index >= 15 is 0 Å². The van der Waals surface area contributed by atoms with Gasteiger partial charge in [0.25, 0.3) is 0 Å². The van der Waals surface area contributed by atoms with Gasteiger partial charge in [-0.25, -0.2) is 9.97 Å². The van der Waals surface area contributed by atoms with E-state index in [0.717, 1.165) is 10.7 Å². The summed E-state index contributed by atoms with van der Waals surface area (Å²) in [6.45, 7) is 0.523. The molecule has 4 aromatic heterocycles. The van der Waals surface area contributed by atoms with Gasteiger partial charge in [-0.15, -0.1) is 0 Å². The molecule has 0 fully saturated rings. The Morgan fingerprint density at radius 2 is 2.09 bits per heavy atom. The van der Waals surface area contributed by atoms with E-state index in [1.807, 2.05) is 30.3 Å². The van der Waals surface area contributed by atoms with Gasteiger partial charge < -0.3 is 15.5 Å². The van der Waals surface area contributed by atoms with Crippen molar-refractivity contribution in [1.29, 1.82) is 0 Å². The molecule has 0 aliphatic rings. The van der Waals surface area contributed by atoms with Crippen molar-refractivity contribution in [1.82, 2.24) is 19.9 Å². The van der Waals surface area contributed by atoms with Crippen LogP contribution < -0.4 is 11.1 Å². The minimum Gasteiger partial charge on any atom is -0.462 e. The van der Waals surface area contributed by atoms with Gasteiger partial charge in [-0.1, -0.05) is 17.4 Å². The molecule has 4 aromatic rings. The third-order valence-corrected chi connectivity index (χ3v) is 4.14. The van der Waals surface area contributed by atoms with Crippen molar-refractivity contribution in [3.8, 4) is 10.8 Å². The lowest BCUT2D eigenvalue weighted by Crippen LogP contribution is -2.06. The molecule has 0 amide bonds. The lowest BCUT2D eigenvalue weighted by atomic mass is 10.3. The summed E-state index contributed by atoms with van der Waals surface area (Å²) in [6, 6.07) is 9.40. The van der Waals surface area contributed by atoms with Gasteiger partial charge >= 0.3 is 0 Å². The van der Waals surface area contributed by atoms with Gasteiger partial charge in [-0.3, -0.25) is 4.98 Å². The molecule has 0 saturated carbocycles. The van der Waals surface area contributed by atoms with Crippen molar-refractivity contribution in [2.24, 2.45) is 0 Å². The molecule has 0 aliphatic carbocycles. The van der Waals surface area contributed by atoms with E-state index in [2.05, 4.69) is 25.3 Å². The fraction of sp³-hybridized carbons (Fsp3) is 0.0667. The highest BCUT2D eigenvalue weighted by molar-refractivity contribution is 7.21. The molecular weight excluding hydrogens is 312 g/mol. The number of hydrogen-bond acceptors (Lipinski definition) is 8. The Hall–Kier alpha value is -3.00. The van der Waals surface area contributed by atoms with Crippen LogP contribution in [0.15, 0.2) is 47.2 Å². The van der Waals surface area contributed by atoms with Crippen LogP contribution in [0.2, 0.25) is 0 Å². The smallest absolute Gasteiger partial charge is 0.226 e. The molecule has 114 valence electrons. The summed E-state index contributed by atoms with van der Waals surface area (Å²) in [5, 5.41) is 3.86. The molecule has 0 spiro atoms. The van der Waals surface area contributed by atoms with Crippen LogP contribution in [0.5, 0.6) is 0 Å². The Kier molecular flexibility index (Phi) is 3.35. The highest BCUT2D eigenvalue weighted by Crippen LogP contribution is 2.31. The monoisotopic (exact) mass is 324 g/mol. The summed E-state index contributed by atoms with van der Waals surface area (Å²) < 4.78 is 5.36. The maximum absolute atomic E-state index is 6.00. The lowest BCUT2D eigenvalue weighted by Gasteiger charge is -2.04. The number of anilines is 2. The number of rotatable bonds is 4. The quantitative estimate of drug-likeness (QED) is 0.595. The predicted octanol–water partition coefficient (Wildman–Crippen LogP) is 2.94. The SMILES string of the molecule is Nc1nc(NCc2ccccn2)nc2sc(-c3ccco3)nc12. The molecule has 0 bridgehead atoms. The highest BCUT2D eigenvalue weighted by atomic mass is 32.1. The molecule has 8 heteroatoms. The fourth-order valence-corrected chi connectivity index (χ4v) is 3.02. The number of thiazole rings is 1. The second kappa shape index (κ2) is 5.65. The maximum atomic E-state index is 6.00. The number of nitrogens with zero attached hydrogens (tertiary/aromatic N) is 4. The van der Waals surface area contributed by atoms with Crippen LogP contribution in [-0.4, -0.2) is 19.9 Å². The van der Waals surface area contributed by atoms with Gasteiger partial charge in [-0.2, -0.15) is 4.98 Å². The van der Waals surface area contributed by atoms with Crippen molar-refractivity contribution in [2.45, 2.75) is 6.54 Å². The average Bonchev–Trinajstić information content (AvgIpc) is 3.23. The maximum Gasteiger partial charge on any atom is 0.226 e. The molecule has 0 radical (unpaired) electrons. The van der Waals surface area contributed by atoms with Crippen LogP contribution in [-0.2, 0) is 6.54 Å². The van der Waals surface area contributed by atoms with Gasteiger partial charge in [0, 0.05) is 6.20 Å². The largest absolute Gasteiger partial charge is 0.462 e. The van der Waals surface area contributed by atoms with E-state index < -0.39 is 0 Å². The summed E-state index contributed by atoms with van der Waals surface area (Å²) in [4.78, 5) is 18.1. The predicted molar refractivity (Wildman–Crippen MR) is 88.9 cm³/mol. The summed E-state index contributed by atoms with van der Waals surface area (Å²) >= 11 is 1.41. The van der Waals surface area contributed by atoms with Crippen molar-refractivity contribution in [3.05, 3.63) is 48.5 Å². The van der Waals surface area contributed by atoms with Crippen LogP contribution in [0.1, 0.15) is 5.69 Å². The molecular formula is C15H12N6OS. The van der Waals surface area contributed by atoms with Crippen molar-refractivity contribution < 1.29 is 4.42 Å².